The highest BCUT2D eigenvalue weighted by molar-refractivity contribution is 6.31. The van der Waals surface area contributed by atoms with E-state index in [1.807, 2.05) is 43.3 Å². The summed E-state index contributed by atoms with van der Waals surface area (Å²) in [6.07, 6.45) is 0.421. The number of nitrogens with one attached hydrogen (secondary N) is 1. The predicted molar refractivity (Wildman–Crippen MR) is 81.0 cm³/mol. The molecule has 0 aromatic heterocycles. The highest BCUT2D eigenvalue weighted by Gasteiger charge is 2.20. The predicted octanol–water partition coefficient (Wildman–Crippen LogP) is 3.19. The number of hydrogen-bond acceptors (Lipinski definition) is 2. The molecule has 4 heteroatoms. The maximum Gasteiger partial charge on any atom is 0.228 e. The van der Waals surface area contributed by atoms with Gasteiger partial charge in [-0.05, 0) is 41.3 Å². The molecule has 0 bridgehead atoms. The lowest BCUT2D eigenvalue weighted by Gasteiger charge is -2.17. The van der Waals surface area contributed by atoms with E-state index >= 15 is 0 Å². The third-order valence-electron chi connectivity index (χ3n) is 3.76. The van der Waals surface area contributed by atoms with Gasteiger partial charge < -0.3 is 11.1 Å². The molecule has 0 spiro atoms. The zero-order valence-corrected chi connectivity index (χ0v) is 11.9. The van der Waals surface area contributed by atoms with Gasteiger partial charge >= 0.3 is 0 Å². The monoisotopic (exact) mass is 286 g/mol. The molecule has 1 heterocycles. The first-order valence-corrected chi connectivity index (χ1v) is 6.87. The van der Waals surface area contributed by atoms with E-state index in [1.54, 1.807) is 0 Å². The van der Waals surface area contributed by atoms with Crippen LogP contribution in [0.15, 0.2) is 36.4 Å². The number of anilines is 1. The number of carbonyl (C=O) groups is 1. The Morgan fingerprint density at radius 3 is 2.90 bits per heavy atom. The largest absolute Gasteiger partial charge is 0.326 e. The first-order chi connectivity index (χ1) is 9.56. The fourth-order valence-corrected chi connectivity index (χ4v) is 2.77. The molecular formula is C16H15ClN2O. The molecule has 2 aromatic rings. The number of amides is 1. The zero-order valence-electron chi connectivity index (χ0n) is 11.1. The van der Waals surface area contributed by atoms with Crippen LogP contribution in [0.3, 0.4) is 0 Å². The van der Waals surface area contributed by atoms with Crippen LogP contribution in [-0.2, 0) is 11.2 Å². The van der Waals surface area contributed by atoms with Gasteiger partial charge in [0.2, 0.25) is 5.91 Å². The second-order valence-corrected chi connectivity index (χ2v) is 5.48. The smallest absolute Gasteiger partial charge is 0.228 e. The van der Waals surface area contributed by atoms with Crippen LogP contribution in [0.4, 0.5) is 5.69 Å². The summed E-state index contributed by atoms with van der Waals surface area (Å²) in [5.41, 5.74) is 11.2. The van der Waals surface area contributed by atoms with Gasteiger partial charge in [-0.1, -0.05) is 35.9 Å². The van der Waals surface area contributed by atoms with Crippen LogP contribution in [0.2, 0.25) is 5.02 Å². The fraction of sp³-hybridized carbons (Fsp3) is 0.188. The molecule has 0 radical (unpaired) electrons. The second-order valence-electron chi connectivity index (χ2n) is 5.07. The molecule has 3 rings (SSSR count). The molecule has 0 saturated heterocycles. The number of benzene rings is 2. The van der Waals surface area contributed by atoms with Crippen molar-refractivity contribution in [3.05, 3.63) is 63.7 Å². The number of rotatable bonds is 2. The van der Waals surface area contributed by atoms with E-state index in [-0.39, 0.29) is 11.9 Å². The van der Waals surface area contributed by atoms with Crippen LogP contribution in [0.1, 0.15) is 28.3 Å². The minimum absolute atomic E-state index is 0.0321. The molecule has 2 aromatic carbocycles. The molecule has 3 nitrogen and oxygen atoms in total. The van der Waals surface area contributed by atoms with Crippen molar-refractivity contribution in [2.45, 2.75) is 19.4 Å². The standard InChI is InChI=1S/C16H15ClN2O/c1-9-12(3-2-4-13(9)17)16(18)10-5-6-14-11(7-10)8-15(20)19-14/h2-7,16H,8,18H2,1H3,(H,19,20). The van der Waals surface area contributed by atoms with Gasteiger partial charge in [-0.3, -0.25) is 4.79 Å². The Hall–Kier alpha value is -1.84. The highest BCUT2D eigenvalue weighted by atomic mass is 35.5. The van der Waals surface area contributed by atoms with Gasteiger partial charge in [0.15, 0.2) is 0 Å². The quantitative estimate of drug-likeness (QED) is 0.891. The summed E-state index contributed by atoms with van der Waals surface area (Å²) >= 11 is 6.15. The molecule has 102 valence electrons. The number of hydrogen-bond donors (Lipinski definition) is 2. The molecule has 1 amide bonds. The van der Waals surface area contributed by atoms with Crippen LogP contribution < -0.4 is 11.1 Å². The summed E-state index contributed by atoms with van der Waals surface area (Å²) in [5.74, 6) is 0.0321. The molecule has 1 aliphatic heterocycles. The van der Waals surface area contributed by atoms with Gasteiger partial charge in [-0.2, -0.15) is 0 Å². The normalized spacial score (nSPS) is 14.8. The average molecular weight is 287 g/mol. The Kier molecular flexibility index (Phi) is 3.24. The van der Waals surface area contributed by atoms with Crippen molar-refractivity contribution in [1.29, 1.82) is 0 Å². The lowest BCUT2D eigenvalue weighted by atomic mass is 9.94. The summed E-state index contributed by atoms with van der Waals surface area (Å²) in [6, 6.07) is 11.4. The molecule has 0 fully saturated rings. The Bertz CT molecular complexity index is 697. The maximum atomic E-state index is 11.4. The van der Waals surface area contributed by atoms with Crippen molar-refractivity contribution in [3.8, 4) is 0 Å². The van der Waals surface area contributed by atoms with Crippen molar-refractivity contribution < 1.29 is 4.79 Å². The third-order valence-corrected chi connectivity index (χ3v) is 4.17. The maximum absolute atomic E-state index is 11.4. The Balaban J connectivity index is 1.99. The highest BCUT2D eigenvalue weighted by Crippen LogP contribution is 2.31. The van der Waals surface area contributed by atoms with E-state index in [0.29, 0.717) is 6.42 Å². The summed E-state index contributed by atoms with van der Waals surface area (Å²) in [6.45, 7) is 1.97. The van der Waals surface area contributed by atoms with Gasteiger partial charge in [-0.25, -0.2) is 0 Å². The first kappa shape index (κ1) is 13.2. The van der Waals surface area contributed by atoms with Crippen LogP contribution >= 0.6 is 11.6 Å². The van der Waals surface area contributed by atoms with Crippen LogP contribution in [-0.4, -0.2) is 5.91 Å². The van der Waals surface area contributed by atoms with Crippen LogP contribution in [0.25, 0.3) is 0 Å². The molecule has 20 heavy (non-hydrogen) atoms. The second kappa shape index (κ2) is 4.93. The topological polar surface area (TPSA) is 55.1 Å². The molecule has 0 aliphatic carbocycles. The Morgan fingerprint density at radius 2 is 2.10 bits per heavy atom. The Morgan fingerprint density at radius 1 is 1.30 bits per heavy atom. The van der Waals surface area contributed by atoms with Crippen molar-refractivity contribution in [1.82, 2.24) is 0 Å². The minimum atomic E-state index is -0.241. The third kappa shape index (κ3) is 2.19. The van der Waals surface area contributed by atoms with E-state index in [2.05, 4.69) is 5.32 Å². The number of carbonyl (C=O) groups excluding carboxylic acids is 1. The summed E-state index contributed by atoms with van der Waals surface area (Å²) in [5, 5.41) is 3.54. The van der Waals surface area contributed by atoms with E-state index in [1.165, 1.54) is 0 Å². The van der Waals surface area contributed by atoms with Gasteiger partial charge in [0.05, 0.1) is 12.5 Å². The van der Waals surface area contributed by atoms with Crippen molar-refractivity contribution in [2.24, 2.45) is 5.73 Å². The van der Waals surface area contributed by atoms with E-state index in [0.717, 1.165) is 33.0 Å². The summed E-state index contributed by atoms with van der Waals surface area (Å²) < 4.78 is 0. The molecule has 1 aliphatic rings. The van der Waals surface area contributed by atoms with Crippen LogP contribution in [0.5, 0.6) is 0 Å². The fourth-order valence-electron chi connectivity index (χ4n) is 2.58. The summed E-state index contributed by atoms with van der Waals surface area (Å²) in [7, 11) is 0. The van der Waals surface area contributed by atoms with Gasteiger partial charge in [0.1, 0.15) is 0 Å². The van der Waals surface area contributed by atoms with Crippen molar-refractivity contribution in [3.63, 3.8) is 0 Å². The van der Waals surface area contributed by atoms with E-state index in [9.17, 15) is 4.79 Å². The lowest BCUT2D eigenvalue weighted by molar-refractivity contribution is -0.115. The average Bonchev–Trinajstić information content (AvgIpc) is 2.80. The molecule has 0 saturated carbocycles. The van der Waals surface area contributed by atoms with Crippen molar-refractivity contribution in [2.75, 3.05) is 5.32 Å². The van der Waals surface area contributed by atoms with Gasteiger partial charge in [0, 0.05) is 10.7 Å². The number of nitrogens with two attached hydrogens (primary N) is 1. The van der Waals surface area contributed by atoms with Gasteiger partial charge in [-0.15, -0.1) is 0 Å². The SMILES string of the molecule is Cc1c(Cl)cccc1C(N)c1ccc2c(c1)CC(=O)N2. The van der Waals surface area contributed by atoms with E-state index < -0.39 is 0 Å². The summed E-state index contributed by atoms with van der Waals surface area (Å²) in [4.78, 5) is 11.4. The van der Waals surface area contributed by atoms with Gasteiger partial charge in [0.25, 0.3) is 0 Å². The zero-order chi connectivity index (χ0) is 14.3. The number of fused-ring (bicyclic) bond motifs is 1. The molecule has 1 unspecified atom stereocenters. The van der Waals surface area contributed by atoms with Crippen molar-refractivity contribution >= 4 is 23.2 Å². The molecule has 1 atom stereocenters. The molecular weight excluding hydrogens is 272 g/mol. The number of halogens is 1. The van der Waals surface area contributed by atoms with Crippen LogP contribution in [0, 0.1) is 6.92 Å². The first-order valence-electron chi connectivity index (χ1n) is 6.49. The van der Waals surface area contributed by atoms with E-state index in [4.69, 9.17) is 17.3 Å². The minimum Gasteiger partial charge on any atom is -0.326 e. The Labute approximate surface area is 122 Å². The molecule has 3 N–H and O–H groups in total. The lowest BCUT2D eigenvalue weighted by Crippen LogP contribution is -2.13.